The SMILES string of the molecule is CCNC(=NCC1(O)CCCC1)NCCc1ccc(OC)cc1. The molecule has 5 nitrogen and oxygen atoms in total. The topological polar surface area (TPSA) is 65.9 Å². The van der Waals surface area contributed by atoms with Crippen molar-refractivity contribution in [2.75, 3.05) is 26.7 Å². The molecule has 0 spiro atoms. The lowest BCUT2D eigenvalue weighted by Crippen LogP contribution is -2.40. The number of hydrogen-bond donors (Lipinski definition) is 3. The second-order valence-corrected chi connectivity index (χ2v) is 6.15. The molecule has 0 heterocycles. The molecule has 1 aromatic rings. The van der Waals surface area contributed by atoms with Crippen molar-refractivity contribution >= 4 is 5.96 Å². The summed E-state index contributed by atoms with van der Waals surface area (Å²) in [5.74, 6) is 1.66. The number of rotatable bonds is 7. The molecule has 1 aliphatic carbocycles. The van der Waals surface area contributed by atoms with E-state index in [1.54, 1.807) is 7.11 Å². The predicted molar refractivity (Wildman–Crippen MR) is 94.1 cm³/mol. The Hall–Kier alpha value is -1.75. The van der Waals surface area contributed by atoms with Crippen LogP contribution in [0.15, 0.2) is 29.3 Å². The molecular formula is C18H29N3O2. The molecule has 0 atom stereocenters. The van der Waals surface area contributed by atoms with Gasteiger partial charge in [-0.2, -0.15) is 0 Å². The molecule has 0 unspecified atom stereocenters. The molecule has 128 valence electrons. The predicted octanol–water partition coefficient (Wildman–Crippen LogP) is 2.10. The molecule has 0 amide bonds. The Bertz CT molecular complexity index is 493. The zero-order valence-electron chi connectivity index (χ0n) is 14.3. The molecule has 0 aromatic heterocycles. The zero-order chi connectivity index (χ0) is 16.5. The molecule has 3 N–H and O–H groups in total. The molecule has 0 saturated heterocycles. The number of benzene rings is 1. The Morgan fingerprint density at radius 2 is 1.91 bits per heavy atom. The summed E-state index contributed by atoms with van der Waals surface area (Å²) in [5, 5.41) is 17.0. The summed E-state index contributed by atoms with van der Waals surface area (Å²) in [6.45, 7) is 4.14. The van der Waals surface area contributed by atoms with Crippen molar-refractivity contribution in [3.63, 3.8) is 0 Å². The van der Waals surface area contributed by atoms with E-state index in [0.29, 0.717) is 6.54 Å². The van der Waals surface area contributed by atoms with Crippen molar-refractivity contribution in [2.24, 2.45) is 4.99 Å². The molecule has 0 aliphatic heterocycles. The third-order valence-corrected chi connectivity index (χ3v) is 4.28. The van der Waals surface area contributed by atoms with E-state index in [-0.39, 0.29) is 0 Å². The van der Waals surface area contributed by atoms with Crippen LogP contribution < -0.4 is 15.4 Å². The van der Waals surface area contributed by atoms with Crippen molar-refractivity contribution in [1.82, 2.24) is 10.6 Å². The van der Waals surface area contributed by atoms with Gasteiger partial charge in [0.05, 0.1) is 19.3 Å². The molecule has 2 rings (SSSR count). The van der Waals surface area contributed by atoms with Crippen molar-refractivity contribution in [2.45, 2.75) is 44.6 Å². The molecule has 1 saturated carbocycles. The number of guanidine groups is 1. The third kappa shape index (κ3) is 5.75. The van der Waals surface area contributed by atoms with Gasteiger partial charge in [0.1, 0.15) is 5.75 Å². The molecule has 23 heavy (non-hydrogen) atoms. The first kappa shape index (κ1) is 17.6. The van der Waals surface area contributed by atoms with Crippen molar-refractivity contribution in [3.8, 4) is 5.75 Å². The van der Waals surface area contributed by atoms with Gasteiger partial charge < -0.3 is 20.5 Å². The maximum atomic E-state index is 10.4. The monoisotopic (exact) mass is 319 g/mol. The average Bonchev–Trinajstić information content (AvgIpc) is 3.00. The summed E-state index contributed by atoms with van der Waals surface area (Å²) in [6, 6.07) is 8.10. The first-order chi connectivity index (χ1) is 11.1. The molecule has 5 heteroatoms. The van der Waals surface area contributed by atoms with Gasteiger partial charge in [0.15, 0.2) is 5.96 Å². The van der Waals surface area contributed by atoms with E-state index in [0.717, 1.165) is 56.9 Å². The summed E-state index contributed by atoms with van der Waals surface area (Å²) in [4.78, 5) is 4.55. The van der Waals surface area contributed by atoms with Crippen LogP contribution in [0.3, 0.4) is 0 Å². The number of methoxy groups -OCH3 is 1. The van der Waals surface area contributed by atoms with Gasteiger partial charge in [-0.25, -0.2) is 0 Å². The second kappa shape index (κ2) is 8.77. The van der Waals surface area contributed by atoms with Gasteiger partial charge in [0, 0.05) is 13.1 Å². The standard InChI is InChI=1S/C18H29N3O2/c1-3-19-17(21-14-18(22)11-4-5-12-18)20-13-10-15-6-8-16(23-2)9-7-15/h6-9,22H,3-5,10-14H2,1-2H3,(H2,19,20,21). The van der Waals surface area contributed by atoms with E-state index >= 15 is 0 Å². The molecular weight excluding hydrogens is 290 g/mol. The number of aliphatic imine (C=N–C) groups is 1. The van der Waals surface area contributed by atoms with Crippen LogP contribution in [0.5, 0.6) is 5.75 Å². The smallest absolute Gasteiger partial charge is 0.191 e. The number of aliphatic hydroxyl groups is 1. The van der Waals surface area contributed by atoms with E-state index in [1.165, 1.54) is 5.56 Å². The van der Waals surface area contributed by atoms with E-state index in [1.807, 2.05) is 19.1 Å². The Balaban J connectivity index is 1.81. The molecule has 0 bridgehead atoms. The van der Waals surface area contributed by atoms with Crippen LogP contribution in [0.4, 0.5) is 0 Å². The van der Waals surface area contributed by atoms with Crippen LogP contribution >= 0.6 is 0 Å². The van der Waals surface area contributed by atoms with Gasteiger partial charge in [-0.1, -0.05) is 25.0 Å². The first-order valence-corrected chi connectivity index (χ1v) is 8.53. The molecule has 1 aromatic carbocycles. The molecule has 1 fully saturated rings. The van der Waals surface area contributed by atoms with Gasteiger partial charge in [0.25, 0.3) is 0 Å². The van der Waals surface area contributed by atoms with E-state index in [4.69, 9.17) is 4.74 Å². The van der Waals surface area contributed by atoms with Gasteiger partial charge in [0.2, 0.25) is 0 Å². The Morgan fingerprint density at radius 1 is 1.22 bits per heavy atom. The number of ether oxygens (including phenoxy) is 1. The van der Waals surface area contributed by atoms with Crippen LogP contribution in [0, 0.1) is 0 Å². The highest BCUT2D eigenvalue weighted by atomic mass is 16.5. The van der Waals surface area contributed by atoms with E-state index in [2.05, 4.69) is 27.8 Å². The van der Waals surface area contributed by atoms with Crippen molar-refractivity contribution in [1.29, 1.82) is 0 Å². The van der Waals surface area contributed by atoms with Crippen LogP contribution in [0.2, 0.25) is 0 Å². The number of hydrogen-bond acceptors (Lipinski definition) is 3. The maximum Gasteiger partial charge on any atom is 0.191 e. The minimum absolute atomic E-state index is 0.477. The van der Waals surface area contributed by atoms with Gasteiger partial charge in [-0.15, -0.1) is 0 Å². The van der Waals surface area contributed by atoms with Gasteiger partial charge in [-0.05, 0) is 43.9 Å². The Morgan fingerprint density at radius 3 is 2.52 bits per heavy atom. The molecule has 1 aliphatic rings. The zero-order valence-corrected chi connectivity index (χ0v) is 14.3. The Labute approximate surface area is 139 Å². The maximum absolute atomic E-state index is 10.4. The minimum atomic E-state index is -0.599. The first-order valence-electron chi connectivity index (χ1n) is 8.53. The third-order valence-electron chi connectivity index (χ3n) is 4.28. The highest BCUT2D eigenvalue weighted by Crippen LogP contribution is 2.29. The number of nitrogens with one attached hydrogen (secondary N) is 2. The fraction of sp³-hybridized carbons (Fsp3) is 0.611. The lowest BCUT2D eigenvalue weighted by Gasteiger charge is -2.20. The Kier molecular flexibility index (Phi) is 6.71. The normalized spacial score (nSPS) is 17.1. The van der Waals surface area contributed by atoms with Crippen molar-refractivity contribution in [3.05, 3.63) is 29.8 Å². The lowest BCUT2D eigenvalue weighted by molar-refractivity contribution is 0.0574. The average molecular weight is 319 g/mol. The highest BCUT2D eigenvalue weighted by Gasteiger charge is 2.30. The van der Waals surface area contributed by atoms with Crippen molar-refractivity contribution < 1.29 is 9.84 Å². The van der Waals surface area contributed by atoms with E-state index < -0.39 is 5.60 Å². The fourth-order valence-electron chi connectivity index (χ4n) is 2.88. The highest BCUT2D eigenvalue weighted by molar-refractivity contribution is 5.79. The van der Waals surface area contributed by atoms with Crippen LogP contribution in [-0.2, 0) is 6.42 Å². The van der Waals surface area contributed by atoms with Gasteiger partial charge >= 0.3 is 0 Å². The minimum Gasteiger partial charge on any atom is -0.497 e. The van der Waals surface area contributed by atoms with Gasteiger partial charge in [-0.3, -0.25) is 4.99 Å². The largest absolute Gasteiger partial charge is 0.497 e. The number of nitrogens with zero attached hydrogens (tertiary/aromatic N) is 1. The summed E-state index contributed by atoms with van der Waals surface area (Å²) in [7, 11) is 1.67. The van der Waals surface area contributed by atoms with Crippen LogP contribution in [0.25, 0.3) is 0 Å². The van der Waals surface area contributed by atoms with Crippen LogP contribution in [-0.4, -0.2) is 43.4 Å². The quantitative estimate of drug-likeness (QED) is 0.532. The van der Waals surface area contributed by atoms with E-state index in [9.17, 15) is 5.11 Å². The lowest BCUT2D eigenvalue weighted by atomic mass is 10.0. The summed E-state index contributed by atoms with van der Waals surface area (Å²) < 4.78 is 5.17. The fourth-order valence-corrected chi connectivity index (χ4v) is 2.88. The summed E-state index contributed by atoms with van der Waals surface area (Å²) >= 11 is 0. The van der Waals surface area contributed by atoms with Crippen LogP contribution in [0.1, 0.15) is 38.2 Å². The molecule has 0 radical (unpaired) electrons. The second-order valence-electron chi connectivity index (χ2n) is 6.15. The summed E-state index contributed by atoms with van der Waals surface area (Å²) in [6.07, 6.45) is 4.85. The summed E-state index contributed by atoms with van der Waals surface area (Å²) in [5.41, 5.74) is 0.654.